The number of rotatable bonds is 5. The topological polar surface area (TPSA) is 77.2 Å². The minimum atomic E-state index is -0.123. The van der Waals surface area contributed by atoms with E-state index in [0.717, 1.165) is 58.0 Å². The first-order valence-corrected chi connectivity index (χ1v) is 13.2. The van der Waals surface area contributed by atoms with Crippen LogP contribution < -0.4 is 10.6 Å². The number of aromatic nitrogens is 1. The summed E-state index contributed by atoms with van der Waals surface area (Å²) in [5, 5.41) is 7.16. The normalized spacial score (nSPS) is 20.3. The van der Waals surface area contributed by atoms with Crippen LogP contribution in [0.25, 0.3) is 22.8 Å². The molecule has 2 aliphatic heterocycles. The van der Waals surface area contributed by atoms with Crippen molar-refractivity contribution in [2.24, 2.45) is 0 Å². The Morgan fingerprint density at radius 3 is 2.49 bits per heavy atom. The molecule has 1 aromatic heterocycles. The van der Waals surface area contributed by atoms with Gasteiger partial charge in [-0.1, -0.05) is 35.9 Å². The molecular weight excluding hydrogens is 484 g/mol. The van der Waals surface area contributed by atoms with Crippen molar-refractivity contribution < 1.29 is 9.59 Å². The van der Waals surface area contributed by atoms with Crippen molar-refractivity contribution in [3.63, 3.8) is 0 Å². The van der Waals surface area contributed by atoms with Gasteiger partial charge >= 0.3 is 0 Å². The number of carbonyl (C=O) groups is 2. The van der Waals surface area contributed by atoms with E-state index in [1.807, 2.05) is 60.4 Å². The third-order valence-corrected chi connectivity index (χ3v) is 7.65. The van der Waals surface area contributed by atoms with Crippen LogP contribution in [0.4, 0.5) is 5.69 Å². The molecule has 1 saturated heterocycles. The van der Waals surface area contributed by atoms with E-state index in [9.17, 15) is 9.59 Å². The van der Waals surface area contributed by atoms with Crippen LogP contribution in [0.2, 0.25) is 5.02 Å². The van der Waals surface area contributed by atoms with E-state index < -0.39 is 0 Å². The molecule has 2 amide bonds. The number of hydrogen-bond acceptors (Lipinski definition) is 3. The van der Waals surface area contributed by atoms with Gasteiger partial charge in [-0.2, -0.15) is 0 Å². The van der Waals surface area contributed by atoms with E-state index in [1.54, 1.807) is 0 Å². The Morgan fingerprint density at radius 1 is 1.08 bits per heavy atom. The number of halogens is 1. The number of nitrogens with one attached hydrogen (secondary N) is 3. The van der Waals surface area contributed by atoms with Gasteiger partial charge < -0.3 is 20.5 Å². The highest BCUT2D eigenvalue weighted by Gasteiger charge is 2.28. The van der Waals surface area contributed by atoms with Gasteiger partial charge in [0.1, 0.15) is 0 Å². The quantitative estimate of drug-likeness (QED) is 0.387. The summed E-state index contributed by atoms with van der Waals surface area (Å²) in [6, 6.07) is 14.2. The zero-order valence-corrected chi connectivity index (χ0v) is 22.5. The van der Waals surface area contributed by atoms with E-state index in [-0.39, 0.29) is 11.8 Å². The van der Waals surface area contributed by atoms with E-state index in [4.69, 9.17) is 11.6 Å². The van der Waals surface area contributed by atoms with Crippen LogP contribution in [0.5, 0.6) is 0 Å². The lowest BCUT2D eigenvalue weighted by Gasteiger charge is -2.36. The van der Waals surface area contributed by atoms with Crippen molar-refractivity contribution in [1.82, 2.24) is 15.2 Å². The van der Waals surface area contributed by atoms with Crippen LogP contribution in [-0.2, 0) is 16.0 Å². The van der Waals surface area contributed by atoms with Gasteiger partial charge in [0, 0.05) is 59.3 Å². The van der Waals surface area contributed by atoms with Gasteiger partial charge in [-0.15, -0.1) is 0 Å². The molecule has 7 heteroatoms. The van der Waals surface area contributed by atoms with Crippen molar-refractivity contribution in [2.45, 2.75) is 52.6 Å². The van der Waals surface area contributed by atoms with E-state index in [0.29, 0.717) is 35.5 Å². The van der Waals surface area contributed by atoms with Crippen molar-refractivity contribution in [1.29, 1.82) is 0 Å². The lowest BCUT2D eigenvalue weighted by atomic mass is 9.94. The first-order chi connectivity index (χ1) is 17.7. The summed E-state index contributed by atoms with van der Waals surface area (Å²) < 4.78 is 0. The van der Waals surface area contributed by atoms with Crippen LogP contribution >= 0.6 is 11.6 Å². The Bertz CT molecular complexity index is 1380. The molecule has 2 aromatic carbocycles. The Morgan fingerprint density at radius 2 is 1.78 bits per heavy atom. The molecule has 3 N–H and O–H groups in total. The van der Waals surface area contributed by atoms with Crippen LogP contribution in [-0.4, -0.2) is 46.9 Å². The van der Waals surface area contributed by atoms with Crippen molar-refractivity contribution in [3.8, 4) is 11.1 Å². The van der Waals surface area contributed by atoms with Gasteiger partial charge in [-0.05, 0) is 80.6 Å². The summed E-state index contributed by atoms with van der Waals surface area (Å²) >= 11 is 6.10. The van der Waals surface area contributed by atoms with Crippen molar-refractivity contribution in [3.05, 3.63) is 75.6 Å². The van der Waals surface area contributed by atoms with E-state index in [2.05, 4.69) is 36.4 Å². The Labute approximate surface area is 223 Å². The number of hydrogen-bond donors (Lipinski definition) is 3. The van der Waals surface area contributed by atoms with E-state index >= 15 is 0 Å². The average molecular weight is 517 g/mol. The number of anilines is 1. The fraction of sp³-hybridized carbons (Fsp3) is 0.333. The molecule has 192 valence electrons. The fourth-order valence-corrected chi connectivity index (χ4v) is 5.78. The minimum Gasteiger partial charge on any atom is -0.359 e. The van der Waals surface area contributed by atoms with Crippen LogP contribution in [0.3, 0.4) is 0 Å². The lowest BCUT2D eigenvalue weighted by molar-refractivity contribution is -0.132. The summed E-state index contributed by atoms with van der Waals surface area (Å²) in [6.07, 6.45) is 3.08. The monoisotopic (exact) mass is 516 g/mol. The average Bonchev–Trinajstić information content (AvgIpc) is 3.32. The van der Waals surface area contributed by atoms with Crippen molar-refractivity contribution in [2.75, 3.05) is 18.4 Å². The molecule has 0 aliphatic carbocycles. The molecule has 0 bridgehead atoms. The first kappa shape index (κ1) is 25.3. The Balaban J connectivity index is 1.42. The highest BCUT2D eigenvalue weighted by molar-refractivity contribution is 6.36. The number of aryl methyl sites for hydroxylation is 1. The lowest BCUT2D eigenvalue weighted by Crippen LogP contribution is -2.55. The number of piperazine rings is 1. The fourth-order valence-electron chi connectivity index (χ4n) is 5.66. The maximum Gasteiger partial charge on any atom is 0.256 e. The van der Waals surface area contributed by atoms with Crippen LogP contribution in [0.1, 0.15) is 48.3 Å². The summed E-state index contributed by atoms with van der Waals surface area (Å²) in [7, 11) is 0. The predicted octanol–water partition coefficient (Wildman–Crippen LogP) is 5.59. The Hall–Kier alpha value is -3.35. The molecule has 2 atom stereocenters. The SMILES string of the molecule is Cc1[nH]c(C=C2C(=O)Nc3cccc(-c4ccc(Cl)cc4)c32)c(C)c1CCC(=O)N1C[C@@H](C)N[C@@H](C)C1. The molecule has 37 heavy (non-hydrogen) atoms. The largest absolute Gasteiger partial charge is 0.359 e. The highest BCUT2D eigenvalue weighted by atomic mass is 35.5. The number of fused-ring (bicyclic) bond motifs is 1. The summed E-state index contributed by atoms with van der Waals surface area (Å²) in [5.74, 6) is 0.0681. The number of H-pyrrole nitrogens is 1. The Kier molecular flexibility index (Phi) is 6.97. The second-order valence-electron chi connectivity index (χ2n) is 10.3. The summed E-state index contributed by atoms with van der Waals surface area (Å²) in [6.45, 7) is 9.82. The summed E-state index contributed by atoms with van der Waals surface area (Å²) in [4.78, 5) is 31.5. The molecule has 1 fully saturated rings. The zero-order valence-electron chi connectivity index (χ0n) is 21.7. The van der Waals surface area contributed by atoms with Gasteiger partial charge in [0.25, 0.3) is 5.91 Å². The van der Waals surface area contributed by atoms with Crippen molar-refractivity contribution >= 4 is 40.8 Å². The van der Waals surface area contributed by atoms with Crippen LogP contribution in [0, 0.1) is 13.8 Å². The molecule has 0 saturated carbocycles. The summed E-state index contributed by atoms with van der Waals surface area (Å²) in [5.41, 5.74) is 8.43. The molecule has 6 nitrogen and oxygen atoms in total. The molecule has 3 aromatic rings. The first-order valence-electron chi connectivity index (χ1n) is 12.9. The molecule has 0 spiro atoms. The number of benzene rings is 2. The number of carbonyl (C=O) groups excluding carboxylic acids is 2. The third-order valence-electron chi connectivity index (χ3n) is 7.40. The zero-order chi connectivity index (χ0) is 26.3. The van der Waals surface area contributed by atoms with Gasteiger partial charge in [0.2, 0.25) is 5.91 Å². The number of nitrogens with zero attached hydrogens (tertiary/aromatic N) is 1. The minimum absolute atomic E-state index is 0.123. The third kappa shape index (κ3) is 5.09. The van der Waals surface area contributed by atoms with Gasteiger partial charge in [0.15, 0.2) is 0 Å². The second-order valence-corrected chi connectivity index (χ2v) is 10.7. The second kappa shape index (κ2) is 10.2. The number of aromatic amines is 1. The predicted molar refractivity (Wildman–Crippen MR) is 151 cm³/mol. The molecule has 0 unspecified atom stereocenters. The highest BCUT2D eigenvalue weighted by Crippen LogP contribution is 2.41. The molecule has 2 aliphatic rings. The maximum absolute atomic E-state index is 13.0. The van der Waals surface area contributed by atoms with Crippen LogP contribution in [0.15, 0.2) is 42.5 Å². The van der Waals surface area contributed by atoms with Gasteiger partial charge in [-0.25, -0.2) is 0 Å². The van der Waals surface area contributed by atoms with E-state index in [1.165, 1.54) is 0 Å². The molecule has 0 radical (unpaired) electrons. The van der Waals surface area contributed by atoms with Gasteiger partial charge in [-0.3, -0.25) is 9.59 Å². The molecule has 3 heterocycles. The number of amides is 2. The van der Waals surface area contributed by atoms with Gasteiger partial charge in [0.05, 0.1) is 5.57 Å². The standard InChI is InChI=1S/C30H33ClN4O2/c1-17-15-35(16-18(2)32-17)28(36)13-12-23-19(3)27(33-20(23)4)14-25-29-24(21-8-10-22(31)11-9-21)6-5-7-26(29)34-30(25)37/h5-11,14,17-18,32-33H,12-13,15-16H2,1-4H3,(H,34,37)/t17-,18+. The molecular formula is C30H33ClN4O2. The maximum atomic E-state index is 13.0. The molecule has 5 rings (SSSR count). The smallest absolute Gasteiger partial charge is 0.256 e.